The van der Waals surface area contributed by atoms with Crippen LogP contribution < -0.4 is 20.1 Å². The molecule has 2 heterocycles. The number of anilines is 2. The molecule has 142 valence electrons. The van der Waals surface area contributed by atoms with E-state index in [9.17, 15) is 4.79 Å². The molecule has 2 aromatic carbocycles. The molecule has 0 spiro atoms. The van der Waals surface area contributed by atoms with E-state index in [1.165, 1.54) is 5.56 Å². The highest BCUT2D eigenvalue weighted by molar-refractivity contribution is 5.94. The van der Waals surface area contributed by atoms with Gasteiger partial charge in [-0.3, -0.25) is 4.79 Å². The lowest BCUT2D eigenvalue weighted by molar-refractivity contribution is 0.0950. The summed E-state index contributed by atoms with van der Waals surface area (Å²) in [5.74, 6) is 1.95. The fraction of sp³-hybridized carbons (Fsp3) is 0.182. The zero-order chi connectivity index (χ0) is 19.5. The average molecular weight is 375 g/mol. The molecule has 28 heavy (non-hydrogen) atoms. The third-order valence-electron chi connectivity index (χ3n) is 4.56. The lowest BCUT2D eigenvalue weighted by Gasteiger charge is -2.10. The van der Waals surface area contributed by atoms with E-state index < -0.39 is 0 Å². The van der Waals surface area contributed by atoms with Crippen molar-refractivity contribution in [3.05, 3.63) is 77.0 Å². The average Bonchev–Trinajstić information content (AvgIpc) is 3.17. The number of amides is 1. The summed E-state index contributed by atoms with van der Waals surface area (Å²) < 4.78 is 10.6. The number of carbonyl (C=O) groups excluding carboxylic acids is 1. The number of nitrogens with one attached hydrogen (secondary N) is 2. The first-order valence-corrected chi connectivity index (χ1v) is 9.05. The van der Waals surface area contributed by atoms with Gasteiger partial charge in [0.15, 0.2) is 11.5 Å². The highest BCUT2D eigenvalue weighted by Gasteiger charge is 2.14. The lowest BCUT2D eigenvalue weighted by Crippen LogP contribution is -2.22. The summed E-state index contributed by atoms with van der Waals surface area (Å²) in [5, 5.41) is 6.17. The topological polar surface area (TPSA) is 72.5 Å². The summed E-state index contributed by atoms with van der Waals surface area (Å²) in [4.78, 5) is 16.7. The second kappa shape index (κ2) is 7.60. The predicted octanol–water partition coefficient (Wildman–Crippen LogP) is 4.10. The van der Waals surface area contributed by atoms with Crippen molar-refractivity contribution < 1.29 is 14.3 Å². The Bertz CT molecular complexity index is 1020. The number of nitrogens with zero attached hydrogens (tertiary/aromatic N) is 1. The van der Waals surface area contributed by atoms with E-state index in [-0.39, 0.29) is 12.7 Å². The van der Waals surface area contributed by atoms with E-state index in [4.69, 9.17) is 9.47 Å². The number of fused-ring (bicyclic) bond motifs is 1. The minimum atomic E-state index is -0.178. The van der Waals surface area contributed by atoms with Gasteiger partial charge < -0.3 is 20.1 Å². The van der Waals surface area contributed by atoms with Crippen LogP contribution in [-0.2, 0) is 6.54 Å². The molecule has 0 bridgehead atoms. The number of hydrogen-bond acceptors (Lipinski definition) is 5. The molecule has 6 heteroatoms. The van der Waals surface area contributed by atoms with Gasteiger partial charge in [-0.25, -0.2) is 4.98 Å². The van der Waals surface area contributed by atoms with Gasteiger partial charge in [-0.2, -0.15) is 0 Å². The molecule has 1 aliphatic heterocycles. The minimum Gasteiger partial charge on any atom is -0.454 e. The van der Waals surface area contributed by atoms with Crippen LogP contribution in [0.1, 0.15) is 27.0 Å². The fourth-order valence-corrected chi connectivity index (χ4v) is 3.03. The van der Waals surface area contributed by atoms with E-state index in [0.717, 1.165) is 22.6 Å². The Morgan fingerprint density at radius 3 is 2.68 bits per heavy atom. The standard InChI is InChI=1S/C22H21N3O3/c1-14-3-6-18(15(2)9-14)25-21-8-5-17(12-23-21)22(26)24-11-16-4-7-19-20(10-16)28-13-27-19/h3-10,12H,11,13H2,1-2H3,(H,23,25)(H,24,26). The number of aryl methyl sites for hydroxylation is 2. The van der Waals surface area contributed by atoms with Crippen molar-refractivity contribution in [3.8, 4) is 11.5 Å². The van der Waals surface area contributed by atoms with Gasteiger partial charge in [-0.15, -0.1) is 0 Å². The van der Waals surface area contributed by atoms with Crippen LogP contribution in [-0.4, -0.2) is 17.7 Å². The molecule has 4 rings (SSSR count). The zero-order valence-corrected chi connectivity index (χ0v) is 15.8. The first-order valence-electron chi connectivity index (χ1n) is 9.05. The van der Waals surface area contributed by atoms with Gasteiger partial charge in [0.25, 0.3) is 5.91 Å². The van der Waals surface area contributed by atoms with Gasteiger partial charge in [0.05, 0.1) is 5.56 Å². The number of aromatic nitrogens is 1. The highest BCUT2D eigenvalue weighted by Crippen LogP contribution is 2.32. The summed E-state index contributed by atoms with van der Waals surface area (Å²) in [5.41, 5.74) is 4.81. The maximum Gasteiger partial charge on any atom is 0.253 e. The number of hydrogen-bond donors (Lipinski definition) is 2. The van der Waals surface area contributed by atoms with Gasteiger partial charge in [-0.05, 0) is 55.3 Å². The van der Waals surface area contributed by atoms with Crippen molar-refractivity contribution in [1.29, 1.82) is 0 Å². The molecule has 0 aliphatic carbocycles. The summed E-state index contributed by atoms with van der Waals surface area (Å²) in [7, 11) is 0. The normalized spacial score (nSPS) is 11.9. The van der Waals surface area contributed by atoms with E-state index in [1.807, 2.05) is 37.3 Å². The fourth-order valence-electron chi connectivity index (χ4n) is 3.03. The number of pyridine rings is 1. The van der Waals surface area contributed by atoms with Crippen LogP contribution in [0.2, 0.25) is 0 Å². The first kappa shape index (κ1) is 17.9. The summed E-state index contributed by atoms with van der Waals surface area (Å²) in [6, 6.07) is 15.4. The first-order chi connectivity index (χ1) is 13.6. The Hall–Kier alpha value is -3.54. The SMILES string of the molecule is Cc1ccc(Nc2ccc(C(=O)NCc3ccc4c(c3)OCO4)cn2)c(C)c1. The summed E-state index contributed by atoms with van der Waals surface area (Å²) in [6.07, 6.45) is 1.57. The highest BCUT2D eigenvalue weighted by atomic mass is 16.7. The van der Waals surface area contributed by atoms with Crippen molar-refractivity contribution in [2.75, 3.05) is 12.1 Å². The van der Waals surface area contributed by atoms with Gasteiger partial charge >= 0.3 is 0 Å². The minimum absolute atomic E-state index is 0.178. The van der Waals surface area contributed by atoms with Crippen LogP contribution in [0.3, 0.4) is 0 Å². The molecule has 1 aliphatic rings. The van der Waals surface area contributed by atoms with E-state index in [0.29, 0.717) is 23.7 Å². The predicted molar refractivity (Wildman–Crippen MR) is 107 cm³/mol. The van der Waals surface area contributed by atoms with Crippen LogP contribution in [0.25, 0.3) is 0 Å². The molecule has 0 fully saturated rings. The molecule has 6 nitrogen and oxygen atoms in total. The Morgan fingerprint density at radius 1 is 1.04 bits per heavy atom. The third-order valence-corrected chi connectivity index (χ3v) is 4.56. The Morgan fingerprint density at radius 2 is 1.89 bits per heavy atom. The van der Waals surface area contributed by atoms with Crippen molar-refractivity contribution >= 4 is 17.4 Å². The summed E-state index contributed by atoms with van der Waals surface area (Å²) >= 11 is 0. The number of ether oxygens (including phenoxy) is 2. The van der Waals surface area contributed by atoms with E-state index in [2.05, 4.69) is 28.6 Å². The molecule has 0 saturated carbocycles. The number of carbonyl (C=O) groups is 1. The van der Waals surface area contributed by atoms with Gasteiger partial charge in [0.1, 0.15) is 5.82 Å². The molecule has 1 aromatic heterocycles. The second-order valence-electron chi connectivity index (χ2n) is 6.75. The molecule has 2 N–H and O–H groups in total. The molecule has 0 atom stereocenters. The second-order valence-corrected chi connectivity index (χ2v) is 6.75. The van der Waals surface area contributed by atoms with Crippen LogP contribution in [0.15, 0.2) is 54.7 Å². The van der Waals surface area contributed by atoms with Crippen LogP contribution in [0.4, 0.5) is 11.5 Å². The van der Waals surface area contributed by atoms with Gasteiger partial charge in [0, 0.05) is 18.4 Å². The van der Waals surface area contributed by atoms with Crippen molar-refractivity contribution in [1.82, 2.24) is 10.3 Å². The molecular weight excluding hydrogens is 354 g/mol. The van der Waals surface area contributed by atoms with E-state index >= 15 is 0 Å². The van der Waals surface area contributed by atoms with E-state index in [1.54, 1.807) is 18.3 Å². The van der Waals surface area contributed by atoms with Gasteiger partial charge in [0.2, 0.25) is 6.79 Å². The van der Waals surface area contributed by atoms with Crippen LogP contribution >= 0.6 is 0 Å². The molecular formula is C22H21N3O3. The number of benzene rings is 2. The summed E-state index contributed by atoms with van der Waals surface area (Å²) in [6.45, 7) is 4.75. The molecule has 1 amide bonds. The third kappa shape index (κ3) is 3.91. The monoisotopic (exact) mass is 375 g/mol. The van der Waals surface area contributed by atoms with Crippen molar-refractivity contribution in [2.24, 2.45) is 0 Å². The lowest BCUT2D eigenvalue weighted by atomic mass is 10.1. The number of rotatable bonds is 5. The van der Waals surface area contributed by atoms with Crippen LogP contribution in [0, 0.1) is 13.8 Å². The molecule has 0 saturated heterocycles. The smallest absolute Gasteiger partial charge is 0.253 e. The quantitative estimate of drug-likeness (QED) is 0.702. The van der Waals surface area contributed by atoms with Crippen molar-refractivity contribution in [3.63, 3.8) is 0 Å². The van der Waals surface area contributed by atoms with Crippen molar-refractivity contribution in [2.45, 2.75) is 20.4 Å². The Balaban J connectivity index is 1.37. The Labute approximate surface area is 163 Å². The maximum absolute atomic E-state index is 12.4. The van der Waals surface area contributed by atoms with Crippen LogP contribution in [0.5, 0.6) is 11.5 Å². The van der Waals surface area contributed by atoms with Gasteiger partial charge in [-0.1, -0.05) is 23.8 Å². The Kier molecular flexibility index (Phi) is 4.85. The largest absolute Gasteiger partial charge is 0.454 e. The zero-order valence-electron chi connectivity index (χ0n) is 15.8. The maximum atomic E-state index is 12.4. The molecule has 0 radical (unpaired) electrons. The molecule has 0 unspecified atom stereocenters. The molecule has 3 aromatic rings.